The molecule has 29 heavy (non-hydrogen) atoms. The van der Waals surface area contributed by atoms with Crippen LogP contribution in [0.3, 0.4) is 0 Å². The van der Waals surface area contributed by atoms with Crippen LogP contribution >= 0.6 is 12.2 Å². The first-order chi connectivity index (χ1) is 14.3. The summed E-state index contributed by atoms with van der Waals surface area (Å²) in [5.74, 6) is 0. The maximum Gasteiger partial charge on any atom is 0.170 e. The number of nitrogens with zero attached hydrogens (tertiary/aromatic N) is 2. The number of aromatic nitrogens is 1. The molecule has 0 unspecified atom stereocenters. The van der Waals surface area contributed by atoms with Gasteiger partial charge in [-0.3, -0.25) is 4.98 Å². The third-order valence-corrected chi connectivity index (χ3v) is 6.79. The normalized spacial score (nSPS) is 19.7. The molecule has 1 aromatic heterocycles. The Bertz CT molecular complexity index is 1020. The monoisotopic (exact) mass is 401 g/mol. The van der Waals surface area contributed by atoms with Crippen molar-refractivity contribution in [3.63, 3.8) is 0 Å². The largest absolute Gasteiger partial charge is 0.360 e. The van der Waals surface area contributed by atoms with E-state index in [0.717, 1.165) is 23.8 Å². The molecule has 1 aliphatic carbocycles. The predicted molar refractivity (Wildman–Crippen MR) is 123 cm³/mol. The number of rotatable bonds is 2. The van der Waals surface area contributed by atoms with Crippen molar-refractivity contribution in [2.75, 3.05) is 6.54 Å². The molecular formula is C25H27N3S. The van der Waals surface area contributed by atoms with Gasteiger partial charge in [0.25, 0.3) is 0 Å². The first-order valence-corrected chi connectivity index (χ1v) is 11.2. The minimum Gasteiger partial charge on any atom is -0.360 e. The standard InChI is InChI=1S/C25H27N3S/c29-25(27-20-10-2-1-3-11-20)28-17-15-19-9-5-7-13-22(19)24(28)23-21-12-6-4-8-18(21)14-16-26-23/h4-9,12-14,16,20,24H,1-3,10-11,15,17H2,(H,27,29)/t24-/m1/s1. The average molecular weight is 402 g/mol. The summed E-state index contributed by atoms with van der Waals surface area (Å²) < 4.78 is 0. The third-order valence-electron chi connectivity index (χ3n) is 6.44. The number of pyridine rings is 1. The van der Waals surface area contributed by atoms with Gasteiger partial charge in [0, 0.05) is 24.2 Å². The van der Waals surface area contributed by atoms with Gasteiger partial charge in [0.1, 0.15) is 0 Å². The Hall–Kier alpha value is -2.46. The molecule has 1 aliphatic heterocycles. The lowest BCUT2D eigenvalue weighted by molar-refractivity contribution is 0.316. The van der Waals surface area contributed by atoms with Gasteiger partial charge in [-0.25, -0.2) is 0 Å². The van der Waals surface area contributed by atoms with Crippen LogP contribution in [0.15, 0.2) is 60.8 Å². The molecule has 0 spiro atoms. The molecule has 0 saturated heterocycles. The molecule has 4 heteroatoms. The second kappa shape index (κ2) is 8.11. The molecular weight excluding hydrogens is 374 g/mol. The Morgan fingerprint density at radius 3 is 2.66 bits per heavy atom. The van der Waals surface area contributed by atoms with Crippen LogP contribution in [0.1, 0.15) is 55.0 Å². The number of fused-ring (bicyclic) bond motifs is 2. The topological polar surface area (TPSA) is 28.2 Å². The molecule has 0 amide bonds. The molecule has 1 atom stereocenters. The number of thiocarbonyl (C=S) groups is 1. The van der Waals surface area contributed by atoms with Crippen molar-refractivity contribution in [3.05, 3.63) is 77.6 Å². The van der Waals surface area contributed by atoms with Gasteiger partial charge in [-0.05, 0) is 54.1 Å². The summed E-state index contributed by atoms with van der Waals surface area (Å²) in [5, 5.41) is 7.02. The Kier molecular flexibility index (Phi) is 5.19. The summed E-state index contributed by atoms with van der Waals surface area (Å²) in [5.41, 5.74) is 3.84. The van der Waals surface area contributed by atoms with Crippen molar-refractivity contribution >= 4 is 28.1 Å². The fourth-order valence-electron chi connectivity index (χ4n) is 4.95. The number of nitrogens with one attached hydrogen (secondary N) is 1. The summed E-state index contributed by atoms with van der Waals surface area (Å²) in [4.78, 5) is 7.26. The number of hydrogen-bond acceptors (Lipinski definition) is 2. The van der Waals surface area contributed by atoms with Crippen molar-refractivity contribution in [2.45, 2.75) is 50.6 Å². The van der Waals surface area contributed by atoms with Crippen molar-refractivity contribution in [2.24, 2.45) is 0 Å². The second-order valence-corrected chi connectivity index (χ2v) is 8.63. The Labute approximate surface area is 178 Å². The van der Waals surface area contributed by atoms with E-state index in [-0.39, 0.29) is 6.04 Å². The Balaban J connectivity index is 1.56. The van der Waals surface area contributed by atoms with Crippen LogP contribution in [0.25, 0.3) is 10.8 Å². The molecule has 5 rings (SSSR count). The van der Waals surface area contributed by atoms with Crippen LogP contribution in [-0.2, 0) is 6.42 Å². The van der Waals surface area contributed by atoms with Crippen LogP contribution in [0.2, 0.25) is 0 Å². The Morgan fingerprint density at radius 2 is 1.76 bits per heavy atom. The molecule has 148 valence electrons. The minimum atomic E-state index is 0.0506. The molecule has 3 aromatic rings. The van der Waals surface area contributed by atoms with Gasteiger partial charge >= 0.3 is 0 Å². The van der Waals surface area contributed by atoms with E-state index in [1.807, 2.05) is 6.20 Å². The van der Waals surface area contributed by atoms with E-state index < -0.39 is 0 Å². The van der Waals surface area contributed by atoms with E-state index in [0.29, 0.717) is 6.04 Å². The lowest BCUT2D eigenvalue weighted by Gasteiger charge is -2.40. The maximum absolute atomic E-state index is 5.97. The quantitative estimate of drug-likeness (QED) is 0.583. The molecule has 0 radical (unpaired) electrons. The summed E-state index contributed by atoms with van der Waals surface area (Å²) in [6.45, 7) is 0.922. The molecule has 3 nitrogen and oxygen atoms in total. The zero-order chi connectivity index (χ0) is 19.6. The highest BCUT2D eigenvalue weighted by Crippen LogP contribution is 2.37. The molecule has 2 heterocycles. The van der Waals surface area contributed by atoms with Gasteiger partial charge in [0.2, 0.25) is 0 Å². The molecule has 0 bridgehead atoms. The molecule has 1 saturated carbocycles. The van der Waals surface area contributed by atoms with Crippen LogP contribution in [0, 0.1) is 0 Å². The van der Waals surface area contributed by atoms with Crippen LogP contribution in [-0.4, -0.2) is 27.6 Å². The van der Waals surface area contributed by atoms with Crippen LogP contribution in [0.4, 0.5) is 0 Å². The zero-order valence-corrected chi connectivity index (χ0v) is 17.5. The van der Waals surface area contributed by atoms with Crippen molar-refractivity contribution < 1.29 is 0 Å². The van der Waals surface area contributed by atoms with Crippen molar-refractivity contribution in [1.82, 2.24) is 15.2 Å². The van der Waals surface area contributed by atoms with Crippen molar-refractivity contribution in [3.8, 4) is 0 Å². The SMILES string of the molecule is S=C(NC1CCCCC1)N1CCc2ccccc2[C@@H]1c1nccc2ccccc12. The first kappa shape index (κ1) is 18.6. The van der Waals surface area contributed by atoms with Crippen molar-refractivity contribution in [1.29, 1.82) is 0 Å². The van der Waals surface area contributed by atoms with E-state index in [9.17, 15) is 0 Å². The smallest absolute Gasteiger partial charge is 0.170 e. The van der Waals surface area contributed by atoms with Gasteiger partial charge in [0.15, 0.2) is 5.11 Å². The highest BCUT2D eigenvalue weighted by atomic mass is 32.1. The van der Waals surface area contributed by atoms with E-state index in [2.05, 4.69) is 64.8 Å². The highest BCUT2D eigenvalue weighted by Gasteiger charge is 2.33. The first-order valence-electron chi connectivity index (χ1n) is 10.8. The minimum absolute atomic E-state index is 0.0506. The summed E-state index contributed by atoms with van der Waals surface area (Å²) >= 11 is 5.97. The third kappa shape index (κ3) is 3.62. The molecule has 1 N–H and O–H groups in total. The van der Waals surface area contributed by atoms with Gasteiger partial charge in [-0.1, -0.05) is 67.8 Å². The lowest BCUT2D eigenvalue weighted by atomic mass is 9.89. The summed E-state index contributed by atoms with van der Waals surface area (Å²) in [6.07, 6.45) is 9.36. The maximum atomic E-state index is 5.97. The molecule has 2 aliphatic rings. The van der Waals surface area contributed by atoms with E-state index in [1.165, 1.54) is 54.0 Å². The fourth-order valence-corrected chi connectivity index (χ4v) is 5.31. The van der Waals surface area contributed by atoms with Gasteiger partial charge in [-0.2, -0.15) is 0 Å². The fraction of sp³-hybridized carbons (Fsp3) is 0.360. The predicted octanol–water partition coefficient (Wildman–Crippen LogP) is 5.39. The Morgan fingerprint density at radius 1 is 0.966 bits per heavy atom. The van der Waals surface area contributed by atoms with E-state index in [4.69, 9.17) is 17.2 Å². The number of benzene rings is 2. The average Bonchev–Trinajstić information content (AvgIpc) is 2.78. The van der Waals surface area contributed by atoms with Crippen LogP contribution in [0.5, 0.6) is 0 Å². The molecule has 1 fully saturated rings. The highest BCUT2D eigenvalue weighted by molar-refractivity contribution is 7.80. The van der Waals surface area contributed by atoms with Gasteiger partial charge < -0.3 is 10.2 Å². The summed E-state index contributed by atoms with van der Waals surface area (Å²) in [6, 6.07) is 20.0. The molecule has 2 aromatic carbocycles. The summed E-state index contributed by atoms with van der Waals surface area (Å²) in [7, 11) is 0. The van der Waals surface area contributed by atoms with Crippen LogP contribution < -0.4 is 5.32 Å². The van der Waals surface area contributed by atoms with E-state index in [1.54, 1.807) is 0 Å². The van der Waals surface area contributed by atoms with Gasteiger partial charge in [0.05, 0.1) is 11.7 Å². The lowest BCUT2D eigenvalue weighted by Crippen LogP contribution is -2.49. The zero-order valence-electron chi connectivity index (χ0n) is 16.7. The van der Waals surface area contributed by atoms with E-state index >= 15 is 0 Å². The number of hydrogen-bond donors (Lipinski definition) is 1. The second-order valence-electron chi connectivity index (χ2n) is 8.25. The van der Waals surface area contributed by atoms with Gasteiger partial charge in [-0.15, -0.1) is 0 Å².